The Bertz CT molecular complexity index is 434. The van der Waals surface area contributed by atoms with Gasteiger partial charge in [-0.05, 0) is 13.0 Å². The third-order valence-electron chi connectivity index (χ3n) is 3.02. The van der Waals surface area contributed by atoms with Crippen LogP contribution in [0.25, 0.3) is 0 Å². The number of rotatable bonds is 4. The number of guanidine groups is 1. The Labute approximate surface area is 137 Å². The summed E-state index contributed by atoms with van der Waals surface area (Å²) in [4.78, 5) is 6.49. The fourth-order valence-electron chi connectivity index (χ4n) is 1.99. The van der Waals surface area contributed by atoms with Crippen LogP contribution in [-0.4, -0.2) is 43.8 Å². The molecular formula is C14H22IN3O2. The van der Waals surface area contributed by atoms with Crippen molar-refractivity contribution in [1.29, 1.82) is 0 Å². The van der Waals surface area contributed by atoms with Crippen molar-refractivity contribution in [3.05, 3.63) is 29.8 Å². The van der Waals surface area contributed by atoms with Crippen molar-refractivity contribution in [3.63, 3.8) is 0 Å². The van der Waals surface area contributed by atoms with Crippen molar-refractivity contribution >= 4 is 29.9 Å². The van der Waals surface area contributed by atoms with E-state index in [0.717, 1.165) is 24.4 Å². The second-order valence-electron chi connectivity index (χ2n) is 4.31. The van der Waals surface area contributed by atoms with Crippen molar-refractivity contribution in [2.24, 2.45) is 10.7 Å². The van der Waals surface area contributed by atoms with Crippen LogP contribution in [0.2, 0.25) is 0 Å². The third kappa shape index (κ3) is 4.82. The Morgan fingerprint density at radius 1 is 1.35 bits per heavy atom. The van der Waals surface area contributed by atoms with E-state index in [0.29, 0.717) is 32.3 Å². The summed E-state index contributed by atoms with van der Waals surface area (Å²) in [5, 5.41) is 0. The van der Waals surface area contributed by atoms with E-state index in [9.17, 15) is 0 Å². The van der Waals surface area contributed by atoms with Gasteiger partial charge < -0.3 is 20.1 Å². The van der Waals surface area contributed by atoms with Crippen molar-refractivity contribution in [1.82, 2.24) is 4.90 Å². The van der Waals surface area contributed by atoms with E-state index in [1.54, 1.807) is 0 Å². The summed E-state index contributed by atoms with van der Waals surface area (Å²) < 4.78 is 10.9. The third-order valence-corrected chi connectivity index (χ3v) is 3.02. The van der Waals surface area contributed by atoms with E-state index in [-0.39, 0.29) is 24.0 Å². The van der Waals surface area contributed by atoms with Crippen molar-refractivity contribution < 1.29 is 9.47 Å². The monoisotopic (exact) mass is 391 g/mol. The highest BCUT2D eigenvalue weighted by atomic mass is 127. The Hall–Kier alpha value is -1.02. The molecule has 0 radical (unpaired) electrons. The first-order valence-electron chi connectivity index (χ1n) is 6.64. The number of benzene rings is 1. The van der Waals surface area contributed by atoms with Gasteiger partial charge in [-0.1, -0.05) is 18.2 Å². The lowest BCUT2D eigenvalue weighted by molar-refractivity contribution is 0.0674. The zero-order chi connectivity index (χ0) is 13.5. The number of morpholine rings is 1. The quantitative estimate of drug-likeness (QED) is 0.484. The predicted octanol–water partition coefficient (Wildman–Crippen LogP) is 1.85. The van der Waals surface area contributed by atoms with Crippen LogP contribution in [0.1, 0.15) is 12.5 Å². The maximum atomic E-state index is 6.00. The predicted molar refractivity (Wildman–Crippen MR) is 90.7 cm³/mol. The summed E-state index contributed by atoms with van der Waals surface area (Å²) in [7, 11) is 0. The minimum absolute atomic E-state index is 0. The summed E-state index contributed by atoms with van der Waals surface area (Å²) in [6, 6.07) is 7.92. The van der Waals surface area contributed by atoms with E-state index >= 15 is 0 Å². The van der Waals surface area contributed by atoms with E-state index in [1.165, 1.54) is 0 Å². The second-order valence-corrected chi connectivity index (χ2v) is 4.31. The highest BCUT2D eigenvalue weighted by Gasteiger charge is 2.12. The van der Waals surface area contributed by atoms with E-state index in [1.807, 2.05) is 36.1 Å². The smallest absolute Gasteiger partial charge is 0.191 e. The topological polar surface area (TPSA) is 60.1 Å². The lowest BCUT2D eigenvalue weighted by Gasteiger charge is -2.27. The van der Waals surface area contributed by atoms with Crippen molar-refractivity contribution in [3.8, 4) is 5.75 Å². The van der Waals surface area contributed by atoms with Gasteiger partial charge in [0.25, 0.3) is 0 Å². The summed E-state index contributed by atoms with van der Waals surface area (Å²) in [5.41, 5.74) is 7.06. The first kappa shape index (κ1) is 17.0. The Morgan fingerprint density at radius 3 is 2.75 bits per heavy atom. The van der Waals surface area contributed by atoms with Gasteiger partial charge in [0, 0.05) is 18.7 Å². The van der Waals surface area contributed by atoms with Gasteiger partial charge in [0.15, 0.2) is 5.96 Å². The summed E-state index contributed by atoms with van der Waals surface area (Å²) in [5.74, 6) is 1.46. The number of nitrogens with two attached hydrogens (primary N) is 1. The summed E-state index contributed by atoms with van der Waals surface area (Å²) in [6.45, 7) is 6.21. The molecule has 1 aliphatic rings. The molecular weight excluding hydrogens is 369 g/mol. The minimum Gasteiger partial charge on any atom is -0.494 e. The molecule has 2 rings (SSSR count). The molecule has 1 aromatic carbocycles. The van der Waals surface area contributed by atoms with Crippen LogP contribution in [0.5, 0.6) is 5.75 Å². The van der Waals surface area contributed by atoms with Gasteiger partial charge in [-0.2, -0.15) is 0 Å². The molecule has 0 aliphatic carbocycles. The van der Waals surface area contributed by atoms with Crippen molar-refractivity contribution in [2.75, 3.05) is 32.9 Å². The fourth-order valence-corrected chi connectivity index (χ4v) is 1.99. The molecule has 0 atom stereocenters. The zero-order valence-corrected chi connectivity index (χ0v) is 14.1. The summed E-state index contributed by atoms with van der Waals surface area (Å²) in [6.07, 6.45) is 0. The highest BCUT2D eigenvalue weighted by Crippen LogP contribution is 2.18. The molecule has 1 saturated heterocycles. The number of aliphatic imine (C=N–C) groups is 1. The maximum Gasteiger partial charge on any atom is 0.191 e. The van der Waals surface area contributed by atoms with Crippen LogP contribution in [0.4, 0.5) is 0 Å². The number of nitrogens with zero attached hydrogens (tertiary/aromatic N) is 2. The van der Waals surface area contributed by atoms with Crippen LogP contribution < -0.4 is 10.5 Å². The van der Waals surface area contributed by atoms with Gasteiger partial charge in [0.1, 0.15) is 5.75 Å². The maximum absolute atomic E-state index is 6.00. The Kier molecular flexibility index (Phi) is 7.68. The molecule has 112 valence electrons. The van der Waals surface area contributed by atoms with E-state index in [4.69, 9.17) is 15.2 Å². The average Bonchev–Trinajstić information content (AvgIpc) is 2.47. The number of halogens is 1. The van der Waals surface area contributed by atoms with E-state index in [2.05, 4.69) is 4.99 Å². The van der Waals surface area contributed by atoms with Gasteiger partial charge in [-0.3, -0.25) is 0 Å². The van der Waals surface area contributed by atoms with Crippen LogP contribution >= 0.6 is 24.0 Å². The molecule has 0 amide bonds. The van der Waals surface area contributed by atoms with Crippen LogP contribution in [0.3, 0.4) is 0 Å². The largest absolute Gasteiger partial charge is 0.494 e. The molecule has 1 aromatic rings. The molecule has 0 bridgehead atoms. The average molecular weight is 391 g/mol. The van der Waals surface area contributed by atoms with Crippen LogP contribution in [-0.2, 0) is 11.3 Å². The molecule has 0 spiro atoms. The van der Waals surface area contributed by atoms with Crippen LogP contribution in [0, 0.1) is 0 Å². The molecule has 1 aliphatic heterocycles. The van der Waals surface area contributed by atoms with Crippen LogP contribution in [0.15, 0.2) is 29.3 Å². The Balaban J connectivity index is 0.00000200. The molecule has 20 heavy (non-hydrogen) atoms. The van der Waals surface area contributed by atoms with E-state index < -0.39 is 0 Å². The molecule has 1 heterocycles. The standard InChI is InChI=1S/C14H21N3O2.HI/c1-2-19-13-6-4-3-5-12(13)11-16-14(15)17-7-9-18-10-8-17;/h3-6H,2,7-11H2,1H3,(H2,15,16);1H. The first-order chi connectivity index (χ1) is 9.31. The molecule has 0 saturated carbocycles. The van der Waals surface area contributed by atoms with Crippen molar-refractivity contribution in [2.45, 2.75) is 13.5 Å². The molecule has 5 nitrogen and oxygen atoms in total. The molecule has 1 fully saturated rings. The lowest BCUT2D eigenvalue weighted by Crippen LogP contribution is -2.44. The Morgan fingerprint density at radius 2 is 2.05 bits per heavy atom. The summed E-state index contributed by atoms with van der Waals surface area (Å²) >= 11 is 0. The minimum atomic E-state index is 0. The highest BCUT2D eigenvalue weighted by molar-refractivity contribution is 14.0. The van der Waals surface area contributed by atoms with Gasteiger partial charge >= 0.3 is 0 Å². The van der Waals surface area contributed by atoms with Gasteiger partial charge in [-0.25, -0.2) is 4.99 Å². The number of para-hydroxylation sites is 1. The molecule has 0 unspecified atom stereocenters. The number of hydrogen-bond donors (Lipinski definition) is 1. The zero-order valence-electron chi connectivity index (χ0n) is 11.7. The first-order valence-corrected chi connectivity index (χ1v) is 6.64. The number of ether oxygens (including phenoxy) is 2. The lowest BCUT2D eigenvalue weighted by atomic mass is 10.2. The second kappa shape index (κ2) is 9.02. The number of hydrogen-bond acceptors (Lipinski definition) is 3. The normalized spacial score (nSPS) is 15.7. The van der Waals surface area contributed by atoms with Gasteiger partial charge in [-0.15, -0.1) is 24.0 Å². The van der Waals surface area contributed by atoms with Gasteiger partial charge in [0.05, 0.1) is 26.4 Å². The SMILES string of the molecule is CCOc1ccccc1CN=C(N)N1CCOCC1.I. The fraction of sp³-hybridized carbons (Fsp3) is 0.500. The molecule has 6 heteroatoms. The molecule has 0 aromatic heterocycles. The van der Waals surface area contributed by atoms with Gasteiger partial charge in [0.2, 0.25) is 0 Å². The molecule has 2 N–H and O–H groups in total.